The number of ether oxygens (including phenoxy) is 1. The predicted octanol–water partition coefficient (Wildman–Crippen LogP) is 0.869. The molecule has 1 aromatic heterocycles. The molecule has 0 bridgehead atoms. The number of carbonyl (C=O) groups excluding carboxylic acids is 1. The van der Waals surface area contributed by atoms with Gasteiger partial charge in [0.1, 0.15) is 11.3 Å². The van der Waals surface area contributed by atoms with Gasteiger partial charge in [0.25, 0.3) is 0 Å². The van der Waals surface area contributed by atoms with Crippen molar-refractivity contribution in [3.8, 4) is 0 Å². The van der Waals surface area contributed by atoms with E-state index in [1.165, 1.54) is 0 Å². The highest BCUT2D eigenvalue weighted by Crippen LogP contribution is 2.10. The van der Waals surface area contributed by atoms with Crippen LogP contribution in [0.1, 0.15) is 32.5 Å². The predicted molar refractivity (Wildman–Crippen MR) is 72.3 cm³/mol. The van der Waals surface area contributed by atoms with E-state index in [9.17, 15) is 4.79 Å². The molecule has 7 nitrogen and oxygen atoms in total. The minimum absolute atomic E-state index is 0. The van der Waals surface area contributed by atoms with Gasteiger partial charge in [-0.05, 0) is 20.8 Å². The quantitative estimate of drug-likeness (QED) is 0.863. The second kappa shape index (κ2) is 6.21. The molecule has 1 aliphatic rings. The third-order valence-electron chi connectivity index (χ3n) is 2.50. The summed E-state index contributed by atoms with van der Waals surface area (Å²) < 4.78 is 6.95. The molecule has 1 aromatic rings. The molecule has 0 saturated carbocycles. The number of halogens is 1. The maximum atomic E-state index is 11.4. The van der Waals surface area contributed by atoms with Crippen molar-refractivity contribution in [2.45, 2.75) is 39.0 Å². The fourth-order valence-electron chi connectivity index (χ4n) is 1.51. The fraction of sp³-hybridized carbons (Fsp3) is 0.727. The molecule has 0 aromatic carbocycles. The lowest BCUT2D eigenvalue weighted by Gasteiger charge is -2.26. The normalized spacial score (nSPS) is 15.3. The molecule has 1 saturated heterocycles. The van der Waals surface area contributed by atoms with Crippen molar-refractivity contribution in [2.75, 3.05) is 13.1 Å². The number of hydrogen-bond donors (Lipinski definition) is 2. The molecule has 19 heavy (non-hydrogen) atoms. The molecule has 0 unspecified atom stereocenters. The first-order valence-electron chi connectivity index (χ1n) is 6.02. The Morgan fingerprint density at radius 3 is 2.79 bits per heavy atom. The summed E-state index contributed by atoms with van der Waals surface area (Å²) in [5.74, 6) is 0. The Kier molecular flexibility index (Phi) is 5.13. The number of nitrogens with zero attached hydrogens (tertiary/aromatic N) is 3. The Bertz CT molecular complexity index is 425. The molecule has 0 spiro atoms. The van der Waals surface area contributed by atoms with Gasteiger partial charge in [0.05, 0.1) is 18.8 Å². The molecule has 1 amide bonds. The van der Waals surface area contributed by atoms with Crippen molar-refractivity contribution >= 4 is 18.5 Å². The first-order valence-corrected chi connectivity index (χ1v) is 6.02. The van der Waals surface area contributed by atoms with Crippen LogP contribution in [0.3, 0.4) is 0 Å². The lowest BCUT2D eigenvalue weighted by molar-refractivity contribution is 0.0523. The summed E-state index contributed by atoms with van der Waals surface area (Å²) in [5.41, 5.74) is 0.243. The van der Waals surface area contributed by atoms with Crippen LogP contribution < -0.4 is 10.6 Å². The lowest BCUT2D eigenvalue weighted by Crippen LogP contribution is -2.43. The van der Waals surface area contributed by atoms with E-state index in [1.54, 1.807) is 0 Å². The van der Waals surface area contributed by atoms with Crippen LogP contribution in [-0.2, 0) is 11.3 Å². The molecule has 2 N–H and O–H groups in total. The van der Waals surface area contributed by atoms with Gasteiger partial charge in [0.15, 0.2) is 0 Å². The molecule has 2 rings (SSSR count). The zero-order chi connectivity index (χ0) is 13.2. The fourth-order valence-corrected chi connectivity index (χ4v) is 1.51. The number of alkyl carbamates (subject to hydrolysis) is 1. The van der Waals surface area contributed by atoms with Gasteiger partial charge < -0.3 is 15.4 Å². The smallest absolute Gasteiger partial charge is 0.407 e. The van der Waals surface area contributed by atoms with E-state index in [-0.39, 0.29) is 12.4 Å². The van der Waals surface area contributed by atoms with E-state index < -0.39 is 11.7 Å². The number of carbonyl (C=O) groups is 1. The summed E-state index contributed by atoms with van der Waals surface area (Å²) in [4.78, 5) is 11.4. The number of hydrogen-bond acceptors (Lipinski definition) is 5. The van der Waals surface area contributed by atoms with Crippen LogP contribution in [0.4, 0.5) is 4.79 Å². The average Bonchev–Trinajstić information content (AvgIpc) is 2.58. The first kappa shape index (κ1) is 15.7. The van der Waals surface area contributed by atoms with Crippen LogP contribution >= 0.6 is 12.4 Å². The standard InChI is InChI=1S/C11H19N5O2.ClH/c1-11(2,3)18-10(17)13-4-8-7-16(15-14-8)9-5-12-6-9;/h7,9,12H,4-6H2,1-3H3,(H,13,17);1H. The molecule has 108 valence electrons. The van der Waals surface area contributed by atoms with Crippen molar-refractivity contribution in [3.63, 3.8) is 0 Å². The Balaban J connectivity index is 0.00000180. The van der Waals surface area contributed by atoms with Crippen LogP contribution in [0, 0.1) is 0 Å². The van der Waals surface area contributed by atoms with Gasteiger partial charge >= 0.3 is 6.09 Å². The molecule has 0 radical (unpaired) electrons. The second-order valence-corrected chi connectivity index (χ2v) is 5.36. The molecule has 2 heterocycles. The van der Waals surface area contributed by atoms with Gasteiger partial charge in [-0.3, -0.25) is 0 Å². The van der Waals surface area contributed by atoms with Crippen LogP contribution in [-0.4, -0.2) is 39.8 Å². The van der Waals surface area contributed by atoms with E-state index in [1.807, 2.05) is 31.6 Å². The zero-order valence-electron chi connectivity index (χ0n) is 11.3. The van der Waals surface area contributed by atoms with Gasteiger partial charge in [-0.2, -0.15) is 0 Å². The maximum Gasteiger partial charge on any atom is 0.407 e. The summed E-state index contributed by atoms with van der Waals surface area (Å²) in [5, 5.41) is 13.8. The molecule has 1 fully saturated rings. The number of nitrogens with one attached hydrogen (secondary N) is 2. The summed E-state index contributed by atoms with van der Waals surface area (Å²) in [7, 11) is 0. The number of rotatable bonds is 3. The monoisotopic (exact) mass is 289 g/mol. The van der Waals surface area contributed by atoms with Crippen LogP contribution in [0.2, 0.25) is 0 Å². The molecule has 8 heteroatoms. The van der Waals surface area contributed by atoms with E-state index in [0.717, 1.165) is 18.8 Å². The van der Waals surface area contributed by atoms with Gasteiger partial charge in [0, 0.05) is 13.1 Å². The second-order valence-electron chi connectivity index (χ2n) is 5.36. The topological polar surface area (TPSA) is 81.1 Å². The summed E-state index contributed by atoms with van der Waals surface area (Å²) >= 11 is 0. The van der Waals surface area contributed by atoms with Gasteiger partial charge in [0.2, 0.25) is 0 Å². The van der Waals surface area contributed by atoms with Crippen LogP contribution in [0.25, 0.3) is 0 Å². The summed E-state index contributed by atoms with van der Waals surface area (Å²) in [6.45, 7) is 7.64. The van der Waals surface area contributed by atoms with E-state index >= 15 is 0 Å². The van der Waals surface area contributed by atoms with Crippen LogP contribution in [0.15, 0.2) is 6.20 Å². The lowest BCUT2D eigenvalue weighted by atomic mass is 10.2. The van der Waals surface area contributed by atoms with Crippen molar-refractivity contribution < 1.29 is 9.53 Å². The highest BCUT2D eigenvalue weighted by Gasteiger charge is 2.20. The maximum absolute atomic E-state index is 11.4. The Hall–Kier alpha value is -1.34. The highest BCUT2D eigenvalue weighted by molar-refractivity contribution is 5.85. The Morgan fingerprint density at radius 2 is 2.26 bits per heavy atom. The Morgan fingerprint density at radius 1 is 1.58 bits per heavy atom. The zero-order valence-corrected chi connectivity index (χ0v) is 12.2. The third kappa shape index (κ3) is 4.68. The number of amides is 1. The van der Waals surface area contributed by atoms with Crippen molar-refractivity contribution in [2.24, 2.45) is 0 Å². The minimum atomic E-state index is -0.487. The van der Waals surface area contributed by atoms with Crippen molar-refractivity contribution in [3.05, 3.63) is 11.9 Å². The van der Waals surface area contributed by atoms with E-state index in [2.05, 4.69) is 20.9 Å². The average molecular weight is 290 g/mol. The van der Waals surface area contributed by atoms with Gasteiger partial charge in [-0.15, -0.1) is 17.5 Å². The highest BCUT2D eigenvalue weighted by atomic mass is 35.5. The molecule has 1 aliphatic heterocycles. The van der Waals surface area contributed by atoms with Crippen molar-refractivity contribution in [1.82, 2.24) is 25.6 Å². The van der Waals surface area contributed by atoms with E-state index in [0.29, 0.717) is 12.6 Å². The summed E-state index contributed by atoms with van der Waals surface area (Å²) in [6.07, 6.45) is 1.41. The molecular formula is C11H20ClN5O2. The molecular weight excluding hydrogens is 270 g/mol. The molecule has 0 atom stereocenters. The van der Waals surface area contributed by atoms with Gasteiger partial charge in [-0.25, -0.2) is 9.48 Å². The Labute approximate surface area is 118 Å². The van der Waals surface area contributed by atoms with Crippen LogP contribution in [0.5, 0.6) is 0 Å². The third-order valence-corrected chi connectivity index (χ3v) is 2.50. The summed E-state index contributed by atoms with van der Waals surface area (Å²) in [6, 6.07) is 0.382. The van der Waals surface area contributed by atoms with Crippen molar-refractivity contribution in [1.29, 1.82) is 0 Å². The first-order chi connectivity index (χ1) is 8.44. The number of aromatic nitrogens is 3. The largest absolute Gasteiger partial charge is 0.444 e. The molecule has 0 aliphatic carbocycles. The van der Waals surface area contributed by atoms with Gasteiger partial charge in [-0.1, -0.05) is 5.21 Å². The minimum Gasteiger partial charge on any atom is -0.444 e. The van der Waals surface area contributed by atoms with E-state index in [4.69, 9.17) is 4.74 Å². The SMILES string of the molecule is CC(C)(C)OC(=O)NCc1cn(C2CNC2)nn1.Cl.